The van der Waals surface area contributed by atoms with Crippen molar-refractivity contribution in [1.29, 1.82) is 0 Å². The number of anilines is 2. The fraction of sp³-hybridized carbons (Fsp3) is 0.174. The van der Waals surface area contributed by atoms with Crippen LogP contribution in [0.15, 0.2) is 84.0 Å². The van der Waals surface area contributed by atoms with Crippen molar-refractivity contribution in [1.82, 2.24) is 0 Å². The molecule has 134 valence electrons. The molecule has 0 radical (unpaired) electrons. The summed E-state index contributed by atoms with van der Waals surface area (Å²) in [7, 11) is 1.69. The second kappa shape index (κ2) is 6.47. The molecule has 0 unspecified atom stereocenters. The zero-order valence-corrected chi connectivity index (χ0v) is 15.2. The second-order valence-corrected chi connectivity index (χ2v) is 6.86. The summed E-state index contributed by atoms with van der Waals surface area (Å²) >= 11 is 0. The van der Waals surface area contributed by atoms with Crippen LogP contribution in [0.1, 0.15) is 17.5 Å². The maximum absolute atomic E-state index is 5.32. The highest BCUT2D eigenvalue weighted by Gasteiger charge is 2.39. The van der Waals surface area contributed by atoms with Gasteiger partial charge in [0.2, 0.25) is 0 Å². The summed E-state index contributed by atoms with van der Waals surface area (Å²) in [6.45, 7) is 0. The highest BCUT2D eigenvalue weighted by Crippen LogP contribution is 2.37. The lowest BCUT2D eigenvalue weighted by Crippen LogP contribution is -2.45. The Morgan fingerprint density at radius 3 is 2.37 bits per heavy atom. The maximum Gasteiger partial charge on any atom is 0.119 e. The Labute approximate surface area is 159 Å². The first kappa shape index (κ1) is 15.9. The van der Waals surface area contributed by atoms with E-state index in [-0.39, 0.29) is 6.04 Å². The number of hydrogen-bond acceptors (Lipinski definition) is 4. The topological polar surface area (TPSA) is 28.1 Å². The fourth-order valence-electron chi connectivity index (χ4n) is 4.01. The normalized spacial score (nSPS) is 18.0. The fourth-order valence-corrected chi connectivity index (χ4v) is 4.01. The van der Waals surface area contributed by atoms with E-state index in [1.54, 1.807) is 7.11 Å². The molecule has 0 saturated carbocycles. The Bertz CT molecular complexity index is 982. The van der Waals surface area contributed by atoms with Crippen molar-refractivity contribution in [3.05, 3.63) is 90.0 Å². The van der Waals surface area contributed by atoms with Crippen molar-refractivity contribution in [3.8, 4) is 5.75 Å². The van der Waals surface area contributed by atoms with Gasteiger partial charge >= 0.3 is 0 Å². The number of hydrazone groups is 1. The number of para-hydroxylation sites is 1. The second-order valence-electron chi connectivity index (χ2n) is 6.86. The zero-order valence-electron chi connectivity index (χ0n) is 15.2. The van der Waals surface area contributed by atoms with Crippen LogP contribution < -0.4 is 14.9 Å². The van der Waals surface area contributed by atoms with Gasteiger partial charge in [0.1, 0.15) is 5.75 Å². The van der Waals surface area contributed by atoms with E-state index in [1.807, 2.05) is 17.3 Å². The van der Waals surface area contributed by atoms with Crippen LogP contribution in [0.25, 0.3) is 0 Å². The molecule has 1 heterocycles. The van der Waals surface area contributed by atoms with Crippen LogP contribution in [0.3, 0.4) is 0 Å². The van der Waals surface area contributed by atoms with Gasteiger partial charge in [0.05, 0.1) is 30.2 Å². The Morgan fingerprint density at radius 1 is 0.852 bits per heavy atom. The highest BCUT2D eigenvalue weighted by molar-refractivity contribution is 6.10. The quantitative estimate of drug-likeness (QED) is 0.684. The lowest BCUT2D eigenvalue weighted by molar-refractivity contribution is 0.415. The van der Waals surface area contributed by atoms with Crippen LogP contribution in [0.4, 0.5) is 11.4 Å². The van der Waals surface area contributed by atoms with Crippen LogP contribution in [0, 0.1) is 0 Å². The maximum atomic E-state index is 5.32. The summed E-state index contributed by atoms with van der Waals surface area (Å²) in [6, 6.07) is 27.5. The lowest BCUT2D eigenvalue weighted by atomic mass is 9.86. The first-order chi connectivity index (χ1) is 13.3. The average molecular weight is 355 g/mol. The van der Waals surface area contributed by atoms with Gasteiger partial charge in [-0.05, 0) is 54.8 Å². The Kier molecular flexibility index (Phi) is 3.82. The first-order valence-electron chi connectivity index (χ1n) is 9.30. The zero-order chi connectivity index (χ0) is 18.2. The molecular formula is C23H21N3O. The molecule has 2 aliphatic rings. The molecule has 0 amide bonds. The molecule has 0 aromatic heterocycles. The van der Waals surface area contributed by atoms with Crippen molar-refractivity contribution in [2.24, 2.45) is 5.10 Å². The molecule has 4 nitrogen and oxygen atoms in total. The van der Waals surface area contributed by atoms with Crippen molar-refractivity contribution >= 4 is 17.1 Å². The Hall–Kier alpha value is -3.27. The number of methoxy groups -OCH3 is 1. The van der Waals surface area contributed by atoms with Crippen molar-refractivity contribution < 1.29 is 4.74 Å². The molecule has 0 saturated heterocycles. The lowest BCUT2D eigenvalue weighted by Gasteiger charge is -2.35. The minimum absolute atomic E-state index is 0.240. The Morgan fingerprint density at radius 2 is 1.59 bits per heavy atom. The summed E-state index contributed by atoms with van der Waals surface area (Å²) in [5, 5.41) is 9.42. The summed E-state index contributed by atoms with van der Waals surface area (Å²) in [4.78, 5) is 0. The predicted octanol–water partition coefficient (Wildman–Crippen LogP) is 4.66. The summed E-state index contributed by atoms with van der Waals surface area (Å²) in [5.41, 5.74) is 5.98. The molecule has 0 fully saturated rings. The van der Waals surface area contributed by atoms with Gasteiger partial charge in [-0.15, -0.1) is 0 Å². The van der Waals surface area contributed by atoms with Gasteiger partial charge in [-0.1, -0.05) is 42.5 Å². The number of benzene rings is 3. The number of hydrazine groups is 1. The molecule has 1 aliphatic carbocycles. The SMILES string of the molecule is COc1ccc(N2N=C3c4ccccc4CC[C@H]3N2c2ccccc2)cc1. The van der Waals surface area contributed by atoms with E-state index in [2.05, 4.69) is 71.7 Å². The van der Waals surface area contributed by atoms with Crippen molar-refractivity contribution in [2.45, 2.75) is 18.9 Å². The molecule has 4 heteroatoms. The summed E-state index contributed by atoms with van der Waals surface area (Å²) in [6.07, 6.45) is 2.12. The van der Waals surface area contributed by atoms with Gasteiger partial charge in [-0.2, -0.15) is 10.2 Å². The van der Waals surface area contributed by atoms with Gasteiger partial charge in [-0.3, -0.25) is 5.01 Å². The molecule has 27 heavy (non-hydrogen) atoms. The van der Waals surface area contributed by atoms with Gasteiger partial charge in [0, 0.05) is 5.56 Å². The van der Waals surface area contributed by atoms with Crippen molar-refractivity contribution in [2.75, 3.05) is 17.2 Å². The largest absolute Gasteiger partial charge is 0.497 e. The molecule has 3 aromatic rings. The van der Waals surface area contributed by atoms with E-state index in [4.69, 9.17) is 9.84 Å². The third-order valence-corrected chi connectivity index (χ3v) is 5.32. The third-order valence-electron chi connectivity index (χ3n) is 5.32. The number of fused-ring (bicyclic) bond motifs is 3. The molecule has 0 bridgehead atoms. The van der Waals surface area contributed by atoms with Crippen molar-refractivity contribution in [3.63, 3.8) is 0 Å². The average Bonchev–Trinajstić information content (AvgIpc) is 3.14. The van der Waals surface area contributed by atoms with E-state index >= 15 is 0 Å². The number of hydrogen-bond donors (Lipinski definition) is 0. The minimum Gasteiger partial charge on any atom is -0.497 e. The monoisotopic (exact) mass is 355 g/mol. The molecule has 5 rings (SSSR count). The van der Waals surface area contributed by atoms with Gasteiger partial charge in [0.25, 0.3) is 0 Å². The predicted molar refractivity (Wildman–Crippen MR) is 109 cm³/mol. The van der Waals surface area contributed by atoms with Crippen LogP contribution >= 0.6 is 0 Å². The van der Waals surface area contributed by atoms with E-state index in [9.17, 15) is 0 Å². The van der Waals surface area contributed by atoms with Crippen LogP contribution in [0.2, 0.25) is 0 Å². The number of ether oxygens (including phenoxy) is 1. The van der Waals surface area contributed by atoms with Gasteiger partial charge in [0.15, 0.2) is 0 Å². The molecule has 1 atom stereocenters. The number of rotatable bonds is 3. The third kappa shape index (κ3) is 2.65. The standard InChI is InChI=1S/C23H21N3O/c1-27-20-14-12-19(13-15-20)26-24-23-21-10-6-5-7-17(21)11-16-22(23)25(26)18-8-3-2-4-9-18/h2-10,12-15,22H,11,16H2,1H3/t22-/m1/s1. The summed E-state index contributed by atoms with van der Waals surface area (Å²) in [5.74, 6) is 0.847. The van der Waals surface area contributed by atoms with Crippen LogP contribution in [0.5, 0.6) is 5.75 Å². The molecule has 1 aliphatic heterocycles. The number of aryl methyl sites for hydroxylation is 1. The van der Waals surface area contributed by atoms with Gasteiger partial charge in [-0.25, -0.2) is 0 Å². The van der Waals surface area contributed by atoms with Gasteiger partial charge < -0.3 is 4.74 Å². The molecule has 3 aromatic carbocycles. The number of nitrogens with zero attached hydrogens (tertiary/aromatic N) is 3. The summed E-state index contributed by atoms with van der Waals surface area (Å²) < 4.78 is 5.32. The highest BCUT2D eigenvalue weighted by atomic mass is 16.5. The van der Waals surface area contributed by atoms with E-state index in [0.29, 0.717) is 0 Å². The van der Waals surface area contributed by atoms with E-state index < -0.39 is 0 Å². The smallest absolute Gasteiger partial charge is 0.119 e. The van der Waals surface area contributed by atoms with Crippen LogP contribution in [-0.2, 0) is 6.42 Å². The first-order valence-corrected chi connectivity index (χ1v) is 9.30. The van der Waals surface area contributed by atoms with E-state index in [0.717, 1.165) is 35.7 Å². The molecule has 0 N–H and O–H groups in total. The molecular weight excluding hydrogens is 334 g/mol. The minimum atomic E-state index is 0.240. The van der Waals surface area contributed by atoms with Crippen LogP contribution in [-0.4, -0.2) is 18.9 Å². The Balaban J connectivity index is 1.63. The molecule has 0 spiro atoms. The van der Waals surface area contributed by atoms with E-state index in [1.165, 1.54) is 11.1 Å².